The second-order valence-electron chi connectivity index (χ2n) is 9.22. The number of anilines is 1. The predicted octanol–water partition coefficient (Wildman–Crippen LogP) is 9.37. The van der Waals surface area contributed by atoms with Crippen molar-refractivity contribution in [2.24, 2.45) is 10.2 Å². The minimum atomic E-state index is -4.72. The van der Waals surface area contributed by atoms with Gasteiger partial charge in [0.1, 0.15) is 17.1 Å². The SMILES string of the molecule is Cc1ccc(SOONc2cc(S(=O)(=O)O)cc3cc(SOOO)c(N=Nc4cc(Cl)ccc4Oc4ccccc4)c(O)c23)cc1. The molecule has 0 spiro atoms. The first-order valence-corrected chi connectivity index (χ1v) is 16.2. The molecular formula is C29H22ClN3O10S3. The highest BCUT2D eigenvalue weighted by atomic mass is 35.5. The third-order valence-corrected chi connectivity index (χ3v) is 8.35. The molecule has 0 atom stereocenters. The van der Waals surface area contributed by atoms with E-state index in [0.717, 1.165) is 29.7 Å². The van der Waals surface area contributed by atoms with Crippen LogP contribution in [-0.2, 0) is 28.8 Å². The fraction of sp³-hybridized carbons (Fsp3) is 0.0345. The molecule has 0 amide bonds. The summed E-state index contributed by atoms with van der Waals surface area (Å²) in [5.74, 6) is 0.283. The molecule has 0 unspecified atom stereocenters. The summed E-state index contributed by atoms with van der Waals surface area (Å²) in [6.07, 6.45) is 0. The Labute approximate surface area is 275 Å². The topological polar surface area (TPSA) is 178 Å². The highest BCUT2D eigenvalue weighted by Gasteiger charge is 2.22. The lowest BCUT2D eigenvalue weighted by atomic mass is 10.1. The van der Waals surface area contributed by atoms with E-state index < -0.39 is 20.8 Å². The number of ether oxygens (including phenoxy) is 1. The molecule has 238 valence electrons. The number of para-hydroxylation sites is 1. The first-order valence-electron chi connectivity index (χ1n) is 12.9. The fourth-order valence-corrected chi connectivity index (χ4v) is 5.59. The molecule has 0 bridgehead atoms. The van der Waals surface area contributed by atoms with Gasteiger partial charge in [-0.1, -0.05) is 52.5 Å². The molecule has 4 N–H and O–H groups in total. The summed E-state index contributed by atoms with van der Waals surface area (Å²) in [5, 5.41) is 32.8. The lowest BCUT2D eigenvalue weighted by Gasteiger charge is -2.14. The molecule has 0 fully saturated rings. The Morgan fingerprint density at radius 1 is 0.891 bits per heavy atom. The van der Waals surface area contributed by atoms with Crippen LogP contribution in [0, 0.1) is 6.92 Å². The highest BCUT2D eigenvalue weighted by molar-refractivity contribution is 7.95. The number of phenolic OH excluding ortho intramolecular Hbond substituents is 1. The number of aromatic hydroxyl groups is 1. The summed E-state index contributed by atoms with van der Waals surface area (Å²) in [5.41, 5.74) is 3.35. The molecule has 13 nitrogen and oxygen atoms in total. The van der Waals surface area contributed by atoms with Crippen molar-refractivity contribution in [1.82, 2.24) is 0 Å². The van der Waals surface area contributed by atoms with Crippen molar-refractivity contribution >= 4 is 73.6 Å². The zero-order chi connectivity index (χ0) is 32.7. The minimum Gasteiger partial charge on any atom is -0.505 e. The van der Waals surface area contributed by atoms with Crippen LogP contribution in [0.25, 0.3) is 10.8 Å². The Bertz CT molecular complexity index is 1980. The van der Waals surface area contributed by atoms with Crippen LogP contribution in [0.5, 0.6) is 17.2 Å². The third kappa shape index (κ3) is 8.45. The maximum Gasteiger partial charge on any atom is 0.294 e. The third-order valence-electron chi connectivity index (χ3n) is 6.06. The zero-order valence-corrected chi connectivity index (χ0v) is 26.6. The van der Waals surface area contributed by atoms with E-state index in [4.69, 9.17) is 30.9 Å². The van der Waals surface area contributed by atoms with E-state index in [1.165, 1.54) is 12.1 Å². The van der Waals surface area contributed by atoms with Gasteiger partial charge in [-0.25, -0.2) is 10.7 Å². The number of hydrogen-bond donors (Lipinski definition) is 4. The highest BCUT2D eigenvalue weighted by Crippen LogP contribution is 2.48. The average molecular weight is 704 g/mol. The van der Waals surface area contributed by atoms with E-state index in [2.05, 4.69) is 25.1 Å². The van der Waals surface area contributed by atoms with Crippen LogP contribution < -0.4 is 10.2 Å². The monoisotopic (exact) mass is 703 g/mol. The number of rotatable bonds is 13. The van der Waals surface area contributed by atoms with Gasteiger partial charge < -0.3 is 9.84 Å². The van der Waals surface area contributed by atoms with Crippen molar-refractivity contribution in [2.75, 3.05) is 5.48 Å². The number of hydrogen-bond acceptors (Lipinski definition) is 14. The molecule has 0 radical (unpaired) electrons. The molecule has 0 aromatic heterocycles. The van der Waals surface area contributed by atoms with Crippen LogP contribution in [-0.4, -0.2) is 23.3 Å². The van der Waals surface area contributed by atoms with Crippen LogP contribution in [0.3, 0.4) is 0 Å². The number of benzene rings is 5. The molecule has 0 aliphatic heterocycles. The molecule has 5 rings (SSSR count). The van der Waals surface area contributed by atoms with Crippen molar-refractivity contribution in [1.29, 1.82) is 0 Å². The van der Waals surface area contributed by atoms with E-state index in [0.29, 0.717) is 33.5 Å². The van der Waals surface area contributed by atoms with Gasteiger partial charge in [-0.2, -0.15) is 8.42 Å². The van der Waals surface area contributed by atoms with Gasteiger partial charge in [-0.15, -0.1) is 23.9 Å². The van der Waals surface area contributed by atoms with Crippen molar-refractivity contribution in [3.63, 3.8) is 0 Å². The van der Waals surface area contributed by atoms with Gasteiger partial charge in [0.2, 0.25) is 0 Å². The molecular weight excluding hydrogens is 682 g/mol. The molecule has 0 saturated heterocycles. The Balaban J connectivity index is 1.55. The summed E-state index contributed by atoms with van der Waals surface area (Å²) < 4.78 is 49.6. The van der Waals surface area contributed by atoms with E-state index in [-0.39, 0.29) is 32.7 Å². The number of nitrogens with zero attached hydrogens (tertiary/aromatic N) is 2. The lowest BCUT2D eigenvalue weighted by Crippen LogP contribution is -2.04. The van der Waals surface area contributed by atoms with Crippen LogP contribution in [0.4, 0.5) is 17.1 Å². The number of aryl methyl sites for hydroxylation is 1. The van der Waals surface area contributed by atoms with E-state index in [9.17, 15) is 18.1 Å². The molecule has 5 aromatic carbocycles. The largest absolute Gasteiger partial charge is 0.505 e. The predicted molar refractivity (Wildman–Crippen MR) is 171 cm³/mol. The maximum absolute atomic E-state index is 12.1. The van der Waals surface area contributed by atoms with Crippen molar-refractivity contribution in [3.05, 3.63) is 102 Å². The Morgan fingerprint density at radius 3 is 2.37 bits per heavy atom. The summed E-state index contributed by atoms with van der Waals surface area (Å²) in [6.45, 7) is 1.93. The number of halogens is 1. The van der Waals surface area contributed by atoms with Crippen molar-refractivity contribution in [2.45, 2.75) is 21.6 Å². The second-order valence-corrected chi connectivity index (χ2v) is 12.6. The van der Waals surface area contributed by atoms with Gasteiger partial charge in [0.15, 0.2) is 11.5 Å². The molecule has 5 aromatic rings. The van der Waals surface area contributed by atoms with Gasteiger partial charge in [0.05, 0.1) is 45.0 Å². The Hall–Kier alpha value is -3.94. The van der Waals surface area contributed by atoms with Gasteiger partial charge in [-0.05, 0) is 73.0 Å². The first-order chi connectivity index (χ1) is 22.1. The first kappa shape index (κ1) is 33.4. The quantitative estimate of drug-likeness (QED) is 0.0228. The lowest BCUT2D eigenvalue weighted by molar-refractivity contribution is -0.432. The van der Waals surface area contributed by atoms with Crippen LogP contribution >= 0.6 is 35.7 Å². The molecule has 0 heterocycles. The summed E-state index contributed by atoms with van der Waals surface area (Å²) in [4.78, 5) is 5.27. The van der Waals surface area contributed by atoms with Crippen LogP contribution in [0.1, 0.15) is 5.56 Å². The fourth-order valence-electron chi connectivity index (χ4n) is 3.99. The summed E-state index contributed by atoms with van der Waals surface area (Å²) in [7, 11) is -4.72. The van der Waals surface area contributed by atoms with E-state index in [1.54, 1.807) is 48.5 Å². The van der Waals surface area contributed by atoms with Crippen LogP contribution in [0.2, 0.25) is 5.02 Å². The number of phenols is 1. The van der Waals surface area contributed by atoms with Gasteiger partial charge in [0.25, 0.3) is 10.1 Å². The molecule has 17 heteroatoms. The normalized spacial score (nSPS) is 11.7. The Kier molecular flexibility index (Phi) is 11.0. The maximum atomic E-state index is 12.1. The average Bonchev–Trinajstić information content (AvgIpc) is 3.03. The second kappa shape index (κ2) is 15.1. The van der Waals surface area contributed by atoms with Gasteiger partial charge in [-0.3, -0.25) is 4.55 Å². The molecule has 46 heavy (non-hydrogen) atoms. The number of azo groups is 1. The van der Waals surface area contributed by atoms with Crippen LogP contribution in [0.15, 0.2) is 116 Å². The number of nitrogens with one attached hydrogen (secondary N) is 1. The van der Waals surface area contributed by atoms with Gasteiger partial charge >= 0.3 is 0 Å². The van der Waals surface area contributed by atoms with E-state index >= 15 is 0 Å². The molecule has 0 saturated carbocycles. The standard InChI is InChI=1S/C29H22ClN3O10S3/c1-17-7-10-21(11-8-17)44-42-40-33-24-16-22(46(36,37)38)13-18-14-26(45-43-41-35)28(29(34)27(18)24)32-31-23-15-19(30)9-12-25(23)39-20-5-3-2-4-6-20/h2-16,33-35H,1H3,(H,36,37,38). The van der Waals surface area contributed by atoms with Crippen molar-refractivity contribution in [3.8, 4) is 17.2 Å². The zero-order valence-electron chi connectivity index (χ0n) is 23.4. The van der Waals surface area contributed by atoms with Crippen molar-refractivity contribution < 1.29 is 46.8 Å². The summed E-state index contributed by atoms with van der Waals surface area (Å²) in [6, 6.07) is 24.4. The summed E-state index contributed by atoms with van der Waals surface area (Å²) >= 11 is 7.50. The smallest absolute Gasteiger partial charge is 0.294 e. The van der Waals surface area contributed by atoms with Gasteiger partial charge in [0, 0.05) is 9.92 Å². The number of fused-ring (bicyclic) bond motifs is 1. The molecule has 0 aliphatic rings. The Morgan fingerprint density at radius 2 is 1.65 bits per heavy atom. The minimum absolute atomic E-state index is 0.00796. The molecule has 0 aliphatic carbocycles. The van der Waals surface area contributed by atoms with E-state index in [1.807, 2.05) is 25.1 Å².